The van der Waals surface area contributed by atoms with Gasteiger partial charge in [-0.2, -0.15) is 0 Å². The Bertz CT molecular complexity index is 170. The molecule has 1 heterocycles. The molecule has 0 aromatic rings. The lowest BCUT2D eigenvalue weighted by molar-refractivity contribution is 0.0556. The predicted octanol–water partition coefficient (Wildman–Crippen LogP) is 2.12. The van der Waals surface area contributed by atoms with Crippen molar-refractivity contribution in [1.82, 2.24) is 10.2 Å². The number of ether oxygens (including phenoxy) is 1. The van der Waals surface area contributed by atoms with Crippen molar-refractivity contribution in [1.29, 1.82) is 0 Å². The van der Waals surface area contributed by atoms with E-state index in [1.165, 1.54) is 51.7 Å². The Morgan fingerprint density at radius 3 is 2.65 bits per heavy atom. The molecule has 0 aromatic carbocycles. The molecular formula is C14H30N2O. The number of rotatable bonds is 9. The van der Waals surface area contributed by atoms with Gasteiger partial charge < -0.3 is 15.0 Å². The summed E-state index contributed by atoms with van der Waals surface area (Å²) in [7, 11) is 2.26. The third-order valence-electron chi connectivity index (χ3n) is 3.55. The second kappa shape index (κ2) is 9.86. The largest absolute Gasteiger partial charge is 0.381 e. The van der Waals surface area contributed by atoms with Crippen LogP contribution in [0.3, 0.4) is 0 Å². The van der Waals surface area contributed by atoms with E-state index in [0.717, 1.165) is 25.7 Å². The van der Waals surface area contributed by atoms with Crippen LogP contribution >= 0.6 is 0 Å². The maximum absolute atomic E-state index is 5.39. The molecule has 1 aliphatic heterocycles. The van der Waals surface area contributed by atoms with Crippen LogP contribution in [0.25, 0.3) is 0 Å². The zero-order valence-electron chi connectivity index (χ0n) is 11.7. The molecule has 3 nitrogen and oxygen atoms in total. The minimum Gasteiger partial charge on any atom is -0.381 e. The normalized spacial score (nSPS) is 17.8. The highest BCUT2D eigenvalue weighted by atomic mass is 16.5. The Morgan fingerprint density at radius 2 is 1.94 bits per heavy atom. The van der Waals surface area contributed by atoms with Gasteiger partial charge in [0.15, 0.2) is 0 Å². The molecule has 0 aliphatic carbocycles. The number of nitrogens with zero attached hydrogens (tertiary/aromatic N) is 1. The van der Waals surface area contributed by atoms with Crippen LogP contribution in [0.2, 0.25) is 0 Å². The lowest BCUT2D eigenvalue weighted by Crippen LogP contribution is -2.30. The van der Waals surface area contributed by atoms with Crippen molar-refractivity contribution in [2.75, 3.05) is 46.4 Å². The molecule has 1 saturated heterocycles. The van der Waals surface area contributed by atoms with Crippen molar-refractivity contribution in [3.63, 3.8) is 0 Å². The van der Waals surface area contributed by atoms with Crippen LogP contribution in [0.4, 0.5) is 0 Å². The molecular weight excluding hydrogens is 212 g/mol. The molecule has 102 valence electrons. The van der Waals surface area contributed by atoms with Crippen molar-refractivity contribution in [2.45, 2.75) is 39.0 Å². The van der Waals surface area contributed by atoms with Crippen LogP contribution in [0, 0.1) is 5.92 Å². The molecule has 0 amide bonds. The maximum atomic E-state index is 5.39. The van der Waals surface area contributed by atoms with Gasteiger partial charge in [-0.3, -0.25) is 0 Å². The molecule has 0 saturated carbocycles. The van der Waals surface area contributed by atoms with Crippen LogP contribution in [0.15, 0.2) is 0 Å². The van der Waals surface area contributed by atoms with Gasteiger partial charge in [0.2, 0.25) is 0 Å². The Labute approximate surface area is 107 Å². The molecule has 1 aliphatic rings. The molecule has 0 atom stereocenters. The van der Waals surface area contributed by atoms with E-state index in [1.807, 2.05) is 0 Å². The summed E-state index contributed by atoms with van der Waals surface area (Å²) in [6, 6.07) is 0. The Hall–Kier alpha value is -0.120. The molecule has 0 unspecified atom stereocenters. The van der Waals surface area contributed by atoms with Crippen LogP contribution in [0.5, 0.6) is 0 Å². The first-order valence-corrected chi connectivity index (χ1v) is 7.30. The molecule has 17 heavy (non-hydrogen) atoms. The fraction of sp³-hybridized carbons (Fsp3) is 1.00. The number of hydrogen-bond acceptors (Lipinski definition) is 3. The fourth-order valence-corrected chi connectivity index (χ4v) is 2.45. The van der Waals surface area contributed by atoms with E-state index < -0.39 is 0 Å². The second-order valence-corrected chi connectivity index (χ2v) is 5.23. The molecule has 3 heteroatoms. The minimum absolute atomic E-state index is 0.871. The summed E-state index contributed by atoms with van der Waals surface area (Å²) in [6.07, 6.45) is 6.52. The van der Waals surface area contributed by atoms with Gasteiger partial charge in [-0.25, -0.2) is 0 Å². The van der Waals surface area contributed by atoms with Gasteiger partial charge in [-0.05, 0) is 58.3 Å². The van der Waals surface area contributed by atoms with E-state index in [2.05, 4.69) is 24.2 Å². The highest BCUT2D eigenvalue weighted by Crippen LogP contribution is 2.15. The Morgan fingerprint density at radius 1 is 1.18 bits per heavy atom. The van der Waals surface area contributed by atoms with Crippen LogP contribution in [0.1, 0.15) is 39.0 Å². The standard InChI is InChI=1S/C14H30N2O/c1-3-15-9-5-4-6-10-16(2)13-14-7-11-17-12-8-14/h14-15H,3-13H2,1-2H3. The first kappa shape index (κ1) is 14.9. The summed E-state index contributed by atoms with van der Waals surface area (Å²) in [5.74, 6) is 0.871. The number of unbranched alkanes of at least 4 members (excludes halogenated alkanes) is 2. The summed E-state index contributed by atoms with van der Waals surface area (Å²) in [5, 5.41) is 3.37. The average Bonchev–Trinajstić information content (AvgIpc) is 2.35. The third-order valence-corrected chi connectivity index (χ3v) is 3.55. The van der Waals surface area contributed by atoms with Gasteiger partial charge in [0.25, 0.3) is 0 Å². The Balaban J connectivity index is 1.91. The third kappa shape index (κ3) is 7.74. The molecule has 1 rings (SSSR count). The van der Waals surface area contributed by atoms with Gasteiger partial charge in [-0.1, -0.05) is 13.3 Å². The summed E-state index contributed by atoms with van der Waals surface area (Å²) in [4.78, 5) is 2.50. The zero-order chi connectivity index (χ0) is 12.3. The van der Waals surface area contributed by atoms with Crippen molar-refractivity contribution < 1.29 is 4.74 Å². The predicted molar refractivity (Wildman–Crippen MR) is 73.4 cm³/mol. The van der Waals surface area contributed by atoms with Crippen molar-refractivity contribution in [3.05, 3.63) is 0 Å². The minimum atomic E-state index is 0.871. The van der Waals surface area contributed by atoms with Crippen LogP contribution in [-0.4, -0.2) is 51.3 Å². The first-order valence-electron chi connectivity index (χ1n) is 7.30. The highest BCUT2D eigenvalue weighted by molar-refractivity contribution is 4.67. The summed E-state index contributed by atoms with van der Waals surface area (Å²) >= 11 is 0. The molecule has 1 fully saturated rings. The SMILES string of the molecule is CCNCCCCCN(C)CC1CCOCC1. The smallest absolute Gasteiger partial charge is 0.0469 e. The first-order chi connectivity index (χ1) is 8.33. The van der Waals surface area contributed by atoms with Crippen molar-refractivity contribution in [2.24, 2.45) is 5.92 Å². The summed E-state index contributed by atoms with van der Waals surface area (Å²) < 4.78 is 5.39. The van der Waals surface area contributed by atoms with Crippen LogP contribution < -0.4 is 5.32 Å². The Kier molecular flexibility index (Phi) is 8.67. The van der Waals surface area contributed by atoms with Crippen LogP contribution in [-0.2, 0) is 4.74 Å². The van der Waals surface area contributed by atoms with E-state index in [9.17, 15) is 0 Å². The van der Waals surface area contributed by atoms with Gasteiger partial charge in [0.1, 0.15) is 0 Å². The lowest BCUT2D eigenvalue weighted by Gasteiger charge is -2.27. The monoisotopic (exact) mass is 242 g/mol. The van der Waals surface area contributed by atoms with E-state index in [1.54, 1.807) is 0 Å². The van der Waals surface area contributed by atoms with E-state index >= 15 is 0 Å². The maximum Gasteiger partial charge on any atom is 0.0469 e. The fourth-order valence-electron chi connectivity index (χ4n) is 2.45. The van der Waals surface area contributed by atoms with E-state index in [-0.39, 0.29) is 0 Å². The van der Waals surface area contributed by atoms with Crippen molar-refractivity contribution >= 4 is 0 Å². The summed E-state index contributed by atoms with van der Waals surface area (Å²) in [5.41, 5.74) is 0. The lowest BCUT2D eigenvalue weighted by atomic mass is 10.00. The molecule has 0 radical (unpaired) electrons. The molecule has 0 aromatic heterocycles. The quantitative estimate of drug-likeness (QED) is 0.627. The molecule has 0 bridgehead atoms. The summed E-state index contributed by atoms with van der Waals surface area (Å²) in [6.45, 7) is 8.91. The van der Waals surface area contributed by atoms with Gasteiger partial charge in [-0.15, -0.1) is 0 Å². The second-order valence-electron chi connectivity index (χ2n) is 5.23. The number of hydrogen-bond donors (Lipinski definition) is 1. The topological polar surface area (TPSA) is 24.5 Å². The van der Waals surface area contributed by atoms with E-state index in [0.29, 0.717) is 0 Å². The molecule has 1 N–H and O–H groups in total. The highest BCUT2D eigenvalue weighted by Gasteiger charge is 2.15. The van der Waals surface area contributed by atoms with E-state index in [4.69, 9.17) is 4.74 Å². The van der Waals surface area contributed by atoms with Crippen molar-refractivity contribution in [3.8, 4) is 0 Å². The van der Waals surface area contributed by atoms with Gasteiger partial charge in [0, 0.05) is 19.8 Å². The molecule has 0 spiro atoms. The number of nitrogens with one attached hydrogen (secondary N) is 1. The van der Waals surface area contributed by atoms with Gasteiger partial charge >= 0.3 is 0 Å². The van der Waals surface area contributed by atoms with Gasteiger partial charge in [0.05, 0.1) is 0 Å². The zero-order valence-corrected chi connectivity index (χ0v) is 11.7. The average molecular weight is 242 g/mol.